The number of hydrogen-bond acceptors (Lipinski definition) is 5. The van der Waals surface area contributed by atoms with Crippen LogP contribution in [-0.4, -0.2) is 41.3 Å². The lowest BCUT2D eigenvalue weighted by Crippen LogP contribution is -2.27. The van der Waals surface area contributed by atoms with E-state index < -0.39 is 0 Å². The predicted octanol–water partition coefficient (Wildman–Crippen LogP) is 6.60. The van der Waals surface area contributed by atoms with Crippen LogP contribution in [0.2, 0.25) is 0 Å². The summed E-state index contributed by atoms with van der Waals surface area (Å²) in [6.45, 7) is 4.91. The van der Waals surface area contributed by atoms with Crippen molar-refractivity contribution >= 4 is 12.4 Å². The van der Waals surface area contributed by atoms with E-state index in [1.165, 1.54) is 25.7 Å². The van der Waals surface area contributed by atoms with E-state index in [1.54, 1.807) is 30.6 Å². The summed E-state index contributed by atoms with van der Waals surface area (Å²) in [5, 5.41) is 20.4. The maximum absolute atomic E-state index is 10.3. The number of benzene rings is 2. The van der Waals surface area contributed by atoms with E-state index in [0.717, 1.165) is 49.0 Å². The Kier molecular flexibility index (Phi) is 9.79. The fraction of sp³-hybridized carbons (Fsp3) is 0.500. The minimum absolute atomic E-state index is 0.0597. The monoisotopic (exact) mass is 450 g/mol. The molecule has 2 aromatic rings. The second-order valence-electron chi connectivity index (χ2n) is 9.02. The highest BCUT2D eigenvalue weighted by atomic mass is 16.5. The van der Waals surface area contributed by atoms with E-state index in [-0.39, 0.29) is 23.6 Å². The van der Waals surface area contributed by atoms with Crippen molar-refractivity contribution in [2.24, 2.45) is 9.98 Å². The van der Waals surface area contributed by atoms with Crippen molar-refractivity contribution in [3.05, 3.63) is 53.1 Å². The molecule has 2 N–H and O–H groups in total. The lowest BCUT2D eigenvalue weighted by Gasteiger charge is -2.25. The average Bonchev–Trinajstić information content (AvgIpc) is 2.82. The first-order chi connectivity index (χ1) is 16.1. The lowest BCUT2D eigenvalue weighted by atomic mass is 9.91. The van der Waals surface area contributed by atoms with Crippen LogP contribution in [0.5, 0.6) is 17.2 Å². The molecule has 2 aromatic carbocycles. The quantitative estimate of drug-likeness (QED) is 0.299. The number of aromatic hydroxyl groups is 2. The molecule has 0 amide bonds. The molecule has 3 rings (SSSR count). The van der Waals surface area contributed by atoms with Crippen molar-refractivity contribution < 1.29 is 14.9 Å². The first-order valence-electron chi connectivity index (χ1n) is 12.4. The van der Waals surface area contributed by atoms with Crippen LogP contribution in [-0.2, 0) is 0 Å². The fourth-order valence-electron chi connectivity index (χ4n) is 4.19. The molecule has 0 aliphatic heterocycles. The Hall–Kier alpha value is -2.82. The zero-order chi connectivity index (χ0) is 23.5. The number of nitrogens with zero attached hydrogens (tertiary/aromatic N) is 2. The molecule has 0 aromatic heterocycles. The van der Waals surface area contributed by atoms with E-state index in [0.29, 0.717) is 12.2 Å². The normalized spacial score (nSPS) is 18.8. The second kappa shape index (κ2) is 13.0. The molecule has 5 heteroatoms. The molecular weight excluding hydrogens is 412 g/mol. The van der Waals surface area contributed by atoms with E-state index in [2.05, 4.69) is 6.92 Å². The van der Waals surface area contributed by atoms with Crippen LogP contribution in [0.3, 0.4) is 0 Å². The standard InChI is InChI=1S/C28H38N2O3/c1-3-4-5-6-9-16-33-24-13-15-28(32)23(18-24)20-30-26-11-8-7-10-25(26)29-19-22-17-21(2)12-14-27(22)31/h12-15,17-20,25-26,31-32H,3-11,16H2,1-2H3/t25-,26-/m0/s1. The molecule has 1 fully saturated rings. The molecule has 33 heavy (non-hydrogen) atoms. The van der Waals surface area contributed by atoms with E-state index in [4.69, 9.17) is 14.7 Å². The van der Waals surface area contributed by atoms with E-state index in [1.807, 2.05) is 25.1 Å². The van der Waals surface area contributed by atoms with E-state index >= 15 is 0 Å². The van der Waals surface area contributed by atoms with Gasteiger partial charge in [0.1, 0.15) is 17.2 Å². The second-order valence-corrected chi connectivity index (χ2v) is 9.02. The van der Waals surface area contributed by atoms with Crippen LogP contribution >= 0.6 is 0 Å². The van der Waals surface area contributed by atoms with Crippen LogP contribution in [0.4, 0.5) is 0 Å². The summed E-state index contributed by atoms with van der Waals surface area (Å²) in [7, 11) is 0. The van der Waals surface area contributed by atoms with Crippen molar-refractivity contribution in [1.29, 1.82) is 0 Å². The highest BCUT2D eigenvalue weighted by molar-refractivity contribution is 5.85. The van der Waals surface area contributed by atoms with Gasteiger partial charge in [0.2, 0.25) is 0 Å². The molecule has 1 aliphatic rings. The SMILES string of the molecule is CCCCCCCOc1ccc(O)c(C=N[C@H]2CCCC[C@@H]2N=Cc2cc(C)ccc2O)c1. The van der Waals surface area contributed by atoms with Crippen molar-refractivity contribution in [2.75, 3.05) is 6.61 Å². The summed E-state index contributed by atoms with van der Waals surface area (Å²) < 4.78 is 5.88. The molecule has 0 heterocycles. The van der Waals surface area contributed by atoms with Crippen LogP contribution in [0.15, 0.2) is 46.4 Å². The molecule has 0 saturated heterocycles. The Morgan fingerprint density at radius 3 is 2.12 bits per heavy atom. The van der Waals surface area contributed by atoms with Crippen molar-refractivity contribution in [3.63, 3.8) is 0 Å². The maximum Gasteiger partial charge on any atom is 0.124 e. The number of rotatable bonds is 11. The molecule has 1 aliphatic carbocycles. The molecular formula is C28H38N2O3. The van der Waals surface area contributed by atoms with Gasteiger partial charge in [-0.05, 0) is 56.5 Å². The van der Waals surface area contributed by atoms with Crippen molar-refractivity contribution in [2.45, 2.75) is 83.7 Å². The number of unbranched alkanes of at least 4 members (excludes halogenated alkanes) is 4. The summed E-state index contributed by atoms with van der Waals surface area (Å²) in [5.74, 6) is 1.21. The number of phenolic OH excluding ortho intramolecular Hbond substituents is 2. The molecule has 2 atom stereocenters. The summed E-state index contributed by atoms with van der Waals surface area (Å²) in [4.78, 5) is 9.58. The third-order valence-electron chi connectivity index (χ3n) is 6.20. The van der Waals surface area contributed by atoms with Crippen LogP contribution in [0.1, 0.15) is 81.4 Å². The Morgan fingerprint density at radius 1 is 0.848 bits per heavy atom. The summed E-state index contributed by atoms with van der Waals surface area (Å²) in [6, 6.07) is 11.0. The van der Waals surface area contributed by atoms with Gasteiger partial charge in [0, 0.05) is 23.6 Å². The Bertz CT molecular complexity index is 939. The zero-order valence-electron chi connectivity index (χ0n) is 20.0. The molecule has 0 bridgehead atoms. The Morgan fingerprint density at radius 2 is 1.45 bits per heavy atom. The number of aryl methyl sites for hydroxylation is 1. The minimum Gasteiger partial charge on any atom is -0.507 e. The predicted molar refractivity (Wildman–Crippen MR) is 136 cm³/mol. The fourth-order valence-corrected chi connectivity index (χ4v) is 4.19. The van der Waals surface area contributed by atoms with Gasteiger partial charge in [-0.15, -0.1) is 0 Å². The molecule has 5 nitrogen and oxygen atoms in total. The van der Waals surface area contributed by atoms with Gasteiger partial charge in [0.15, 0.2) is 0 Å². The average molecular weight is 451 g/mol. The third kappa shape index (κ3) is 7.92. The zero-order valence-corrected chi connectivity index (χ0v) is 20.0. The number of hydrogen-bond donors (Lipinski definition) is 2. The third-order valence-corrected chi connectivity index (χ3v) is 6.20. The Balaban J connectivity index is 1.62. The van der Waals surface area contributed by atoms with Gasteiger partial charge >= 0.3 is 0 Å². The number of ether oxygens (including phenoxy) is 1. The van der Waals surface area contributed by atoms with Crippen LogP contribution in [0, 0.1) is 6.92 Å². The Labute approximate surface area is 198 Å². The maximum atomic E-state index is 10.3. The van der Waals surface area contributed by atoms with Crippen molar-refractivity contribution in [1.82, 2.24) is 0 Å². The molecule has 1 saturated carbocycles. The molecule has 0 radical (unpaired) electrons. The minimum atomic E-state index is 0.0597. The largest absolute Gasteiger partial charge is 0.507 e. The van der Waals surface area contributed by atoms with E-state index in [9.17, 15) is 10.2 Å². The lowest BCUT2D eigenvalue weighted by molar-refractivity contribution is 0.304. The highest BCUT2D eigenvalue weighted by Gasteiger charge is 2.23. The summed E-state index contributed by atoms with van der Waals surface area (Å²) in [6.07, 6.45) is 13.7. The van der Waals surface area contributed by atoms with Crippen LogP contribution in [0.25, 0.3) is 0 Å². The smallest absolute Gasteiger partial charge is 0.124 e. The van der Waals surface area contributed by atoms with Gasteiger partial charge in [-0.25, -0.2) is 0 Å². The van der Waals surface area contributed by atoms with Gasteiger partial charge < -0.3 is 14.9 Å². The summed E-state index contributed by atoms with van der Waals surface area (Å²) in [5.41, 5.74) is 2.50. The number of phenols is 2. The molecule has 178 valence electrons. The first-order valence-corrected chi connectivity index (χ1v) is 12.4. The van der Waals surface area contributed by atoms with Gasteiger partial charge in [0.05, 0.1) is 18.7 Å². The van der Waals surface area contributed by atoms with Crippen LogP contribution < -0.4 is 4.74 Å². The van der Waals surface area contributed by atoms with Gasteiger partial charge in [-0.1, -0.05) is 57.1 Å². The number of aliphatic imine (C=N–C) groups is 2. The van der Waals surface area contributed by atoms with Crippen molar-refractivity contribution in [3.8, 4) is 17.2 Å². The van der Waals surface area contributed by atoms with Gasteiger partial charge in [-0.2, -0.15) is 0 Å². The van der Waals surface area contributed by atoms with Gasteiger partial charge in [0.25, 0.3) is 0 Å². The first kappa shape index (κ1) is 24.8. The van der Waals surface area contributed by atoms with Gasteiger partial charge in [-0.3, -0.25) is 9.98 Å². The topological polar surface area (TPSA) is 74.4 Å². The summed E-state index contributed by atoms with van der Waals surface area (Å²) >= 11 is 0. The molecule has 0 unspecified atom stereocenters. The highest BCUT2D eigenvalue weighted by Crippen LogP contribution is 2.26. The molecule has 0 spiro atoms.